The number of hydrogen-bond acceptors (Lipinski definition) is 7. The first-order chi connectivity index (χ1) is 14.0. The van der Waals surface area contributed by atoms with E-state index in [0.29, 0.717) is 35.1 Å². The number of aromatic hydroxyl groups is 2. The molecule has 0 bridgehead atoms. The van der Waals surface area contributed by atoms with Crippen LogP contribution in [-0.2, 0) is 0 Å². The minimum Gasteiger partial charge on any atom is -0.507 e. The summed E-state index contributed by atoms with van der Waals surface area (Å²) in [5, 5.41) is 26.2. The fourth-order valence-electron chi connectivity index (χ4n) is 2.65. The summed E-state index contributed by atoms with van der Waals surface area (Å²) >= 11 is 0. The molecule has 0 saturated heterocycles. The van der Waals surface area contributed by atoms with Crippen LogP contribution in [0.2, 0.25) is 0 Å². The number of hydrogen-bond donors (Lipinski definition) is 2. The van der Waals surface area contributed by atoms with Gasteiger partial charge in [0, 0.05) is 30.4 Å². The van der Waals surface area contributed by atoms with Gasteiger partial charge < -0.3 is 14.9 Å². The van der Waals surface area contributed by atoms with Crippen molar-refractivity contribution in [3.63, 3.8) is 0 Å². The zero-order valence-electron chi connectivity index (χ0n) is 16.7. The number of anilines is 1. The van der Waals surface area contributed by atoms with Gasteiger partial charge in [0.25, 0.3) is 0 Å². The first kappa shape index (κ1) is 20.1. The van der Waals surface area contributed by atoms with Crippen LogP contribution in [0.25, 0.3) is 11.4 Å². The van der Waals surface area contributed by atoms with E-state index in [-0.39, 0.29) is 11.5 Å². The van der Waals surface area contributed by atoms with Crippen molar-refractivity contribution in [3.8, 4) is 28.6 Å². The summed E-state index contributed by atoms with van der Waals surface area (Å²) in [5.41, 5.74) is 1.86. The van der Waals surface area contributed by atoms with Crippen LogP contribution in [0, 0.1) is 6.92 Å². The van der Waals surface area contributed by atoms with Crippen LogP contribution in [-0.4, -0.2) is 40.1 Å². The zero-order chi connectivity index (χ0) is 20.8. The van der Waals surface area contributed by atoms with E-state index < -0.39 is 0 Å². The molecule has 7 nitrogen and oxygen atoms in total. The van der Waals surface area contributed by atoms with Gasteiger partial charge in [-0.2, -0.15) is 5.10 Å². The van der Waals surface area contributed by atoms with Gasteiger partial charge >= 0.3 is 0 Å². The standard InChI is InChI=1S/C22H24N4O3/c1-4-11-29-17-10-9-16(20(28)13-17)14-23-26(3)21-12-15(2)24-22(25-21)18-7-5-6-8-19(18)27/h5-10,12-14,27-28H,4,11H2,1-3H3. The van der Waals surface area contributed by atoms with Crippen LogP contribution in [0.1, 0.15) is 24.6 Å². The van der Waals surface area contributed by atoms with E-state index in [9.17, 15) is 10.2 Å². The lowest BCUT2D eigenvalue weighted by Crippen LogP contribution is -2.12. The summed E-state index contributed by atoms with van der Waals surface area (Å²) < 4.78 is 5.51. The number of ether oxygens (including phenoxy) is 1. The topological polar surface area (TPSA) is 91.1 Å². The minimum atomic E-state index is 0.0875. The van der Waals surface area contributed by atoms with Crippen LogP contribution in [0.4, 0.5) is 5.82 Å². The van der Waals surface area contributed by atoms with Gasteiger partial charge in [0.15, 0.2) is 11.6 Å². The van der Waals surface area contributed by atoms with Gasteiger partial charge in [0.05, 0.1) is 18.4 Å². The van der Waals surface area contributed by atoms with E-state index in [1.807, 2.05) is 19.9 Å². The van der Waals surface area contributed by atoms with Gasteiger partial charge in [-0.05, 0) is 37.6 Å². The molecule has 0 aliphatic carbocycles. The maximum Gasteiger partial charge on any atom is 0.165 e. The monoisotopic (exact) mass is 392 g/mol. The van der Waals surface area contributed by atoms with Crippen LogP contribution in [0.3, 0.4) is 0 Å². The number of phenolic OH excluding ortho intramolecular Hbond substituents is 2. The van der Waals surface area contributed by atoms with Crippen LogP contribution in [0.5, 0.6) is 17.2 Å². The Hall–Kier alpha value is -3.61. The second-order valence-electron chi connectivity index (χ2n) is 6.55. The van der Waals surface area contributed by atoms with Crippen molar-refractivity contribution in [1.82, 2.24) is 9.97 Å². The molecular formula is C22H24N4O3. The molecule has 0 saturated carbocycles. The SMILES string of the molecule is CCCOc1ccc(C=NN(C)c2cc(C)nc(-c3ccccc3O)n2)c(O)c1. The maximum atomic E-state index is 10.2. The number of aromatic nitrogens is 2. The van der Waals surface area contributed by atoms with Gasteiger partial charge in [0.1, 0.15) is 17.2 Å². The molecule has 3 aromatic rings. The number of benzene rings is 2. The van der Waals surface area contributed by atoms with Crippen molar-refractivity contribution >= 4 is 12.0 Å². The largest absolute Gasteiger partial charge is 0.507 e. The fourth-order valence-corrected chi connectivity index (χ4v) is 2.65. The third-order valence-electron chi connectivity index (χ3n) is 4.16. The Morgan fingerprint density at radius 3 is 2.59 bits per heavy atom. The third-order valence-corrected chi connectivity index (χ3v) is 4.16. The second kappa shape index (κ2) is 9.05. The lowest BCUT2D eigenvalue weighted by molar-refractivity contribution is 0.315. The molecule has 2 N–H and O–H groups in total. The Kier molecular flexibility index (Phi) is 6.29. The molecule has 0 aliphatic heterocycles. The number of hydrazone groups is 1. The second-order valence-corrected chi connectivity index (χ2v) is 6.55. The summed E-state index contributed by atoms with van der Waals surface area (Å²) in [4.78, 5) is 8.92. The van der Waals surface area contributed by atoms with Crippen LogP contribution in [0.15, 0.2) is 53.6 Å². The van der Waals surface area contributed by atoms with Crippen molar-refractivity contribution < 1.29 is 14.9 Å². The van der Waals surface area contributed by atoms with E-state index in [2.05, 4.69) is 15.1 Å². The smallest absolute Gasteiger partial charge is 0.165 e. The first-order valence-corrected chi connectivity index (χ1v) is 9.35. The molecule has 29 heavy (non-hydrogen) atoms. The number of rotatable bonds is 7. The van der Waals surface area contributed by atoms with Crippen molar-refractivity contribution in [2.24, 2.45) is 5.10 Å². The van der Waals surface area contributed by atoms with E-state index in [4.69, 9.17) is 4.74 Å². The van der Waals surface area contributed by atoms with Crippen molar-refractivity contribution in [3.05, 3.63) is 59.8 Å². The quantitative estimate of drug-likeness (QED) is 0.464. The Balaban J connectivity index is 1.82. The summed E-state index contributed by atoms with van der Waals surface area (Å²) in [6.45, 7) is 4.48. The highest BCUT2D eigenvalue weighted by Crippen LogP contribution is 2.27. The Morgan fingerprint density at radius 1 is 1.07 bits per heavy atom. The summed E-state index contributed by atoms with van der Waals surface area (Å²) in [6.07, 6.45) is 2.45. The first-order valence-electron chi connectivity index (χ1n) is 9.35. The van der Waals surface area contributed by atoms with E-state index in [1.54, 1.807) is 60.7 Å². The number of phenols is 2. The highest BCUT2D eigenvalue weighted by molar-refractivity contribution is 5.84. The minimum absolute atomic E-state index is 0.0875. The molecule has 0 radical (unpaired) electrons. The van der Waals surface area contributed by atoms with Crippen LogP contribution >= 0.6 is 0 Å². The molecule has 0 aliphatic rings. The van der Waals surface area contributed by atoms with Crippen molar-refractivity contribution in [2.75, 3.05) is 18.7 Å². The molecule has 0 fully saturated rings. The molecule has 0 amide bonds. The van der Waals surface area contributed by atoms with Crippen LogP contribution < -0.4 is 9.75 Å². The zero-order valence-corrected chi connectivity index (χ0v) is 16.7. The van der Waals surface area contributed by atoms with Crippen molar-refractivity contribution in [1.29, 1.82) is 0 Å². The molecule has 0 unspecified atom stereocenters. The Labute approximate surface area is 170 Å². The van der Waals surface area contributed by atoms with Crippen molar-refractivity contribution in [2.45, 2.75) is 20.3 Å². The number of aryl methyl sites for hydroxylation is 1. The molecule has 2 aromatic carbocycles. The molecule has 1 aromatic heterocycles. The van der Waals surface area contributed by atoms with E-state index in [0.717, 1.165) is 12.1 Å². The van der Waals surface area contributed by atoms with Gasteiger partial charge in [-0.1, -0.05) is 19.1 Å². The maximum absolute atomic E-state index is 10.2. The molecule has 3 rings (SSSR count). The lowest BCUT2D eigenvalue weighted by Gasteiger charge is -2.14. The summed E-state index contributed by atoms with van der Waals surface area (Å²) in [7, 11) is 1.75. The van der Waals surface area contributed by atoms with Gasteiger partial charge in [-0.3, -0.25) is 5.01 Å². The summed E-state index contributed by atoms with van der Waals surface area (Å²) in [6, 6.07) is 13.8. The molecule has 150 valence electrons. The average molecular weight is 392 g/mol. The normalized spacial score (nSPS) is 11.0. The number of para-hydroxylation sites is 1. The van der Waals surface area contributed by atoms with E-state index >= 15 is 0 Å². The highest BCUT2D eigenvalue weighted by Gasteiger charge is 2.11. The molecule has 0 spiro atoms. The predicted molar refractivity (Wildman–Crippen MR) is 114 cm³/mol. The lowest BCUT2D eigenvalue weighted by atomic mass is 10.2. The Morgan fingerprint density at radius 2 is 1.86 bits per heavy atom. The summed E-state index contributed by atoms with van der Waals surface area (Å²) in [5.74, 6) is 1.80. The Bertz CT molecular complexity index is 1020. The molecular weight excluding hydrogens is 368 g/mol. The molecule has 0 atom stereocenters. The average Bonchev–Trinajstić information content (AvgIpc) is 2.71. The third kappa shape index (κ3) is 5.01. The van der Waals surface area contributed by atoms with E-state index in [1.165, 1.54) is 0 Å². The molecule has 7 heteroatoms. The number of nitrogens with zero attached hydrogens (tertiary/aromatic N) is 4. The highest BCUT2D eigenvalue weighted by atomic mass is 16.5. The fraction of sp³-hybridized carbons (Fsp3) is 0.227. The molecule has 1 heterocycles. The van der Waals surface area contributed by atoms with Gasteiger partial charge in [0.2, 0.25) is 0 Å². The van der Waals surface area contributed by atoms with Gasteiger partial charge in [-0.15, -0.1) is 0 Å². The van der Waals surface area contributed by atoms with Gasteiger partial charge in [-0.25, -0.2) is 9.97 Å². The predicted octanol–water partition coefficient (Wildman–Crippen LogP) is 4.12.